The highest BCUT2D eigenvalue weighted by molar-refractivity contribution is 6.01. The van der Waals surface area contributed by atoms with Crippen LogP contribution in [0, 0.1) is 11.6 Å². The minimum atomic E-state index is -0.843. The van der Waals surface area contributed by atoms with Gasteiger partial charge in [-0.2, -0.15) is 0 Å². The van der Waals surface area contributed by atoms with Crippen LogP contribution in [-0.4, -0.2) is 37.5 Å². The maximum atomic E-state index is 14.2. The summed E-state index contributed by atoms with van der Waals surface area (Å²) in [5, 5.41) is 2.72. The zero-order chi connectivity index (χ0) is 22.8. The maximum absolute atomic E-state index is 14.2. The van der Waals surface area contributed by atoms with E-state index in [4.69, 9.17) is 9.47 Å². The summed E-state index contributed by atoms with van der Waals surface area (Å²) in [5.74, 6) is -1.11. The quantitative estimate of drug-likeness (QED) is 0.664. The third kappa shape index (κ3) is 4.12. The highest BCUT2D eigenvalue weighted by atomic mass is 19.1. The Morgan fingerprint density at radius 3 is 2.19 bits per heavy atom. The van der Waals surface area contributed by atoms with Crippen molar-refractivity contribution in [2.24, 2.45) is 0 Å². The van der Waals surface area contributed by atoms with E-state index >= 15 is 0 Å². The van der Waals surface area contributed by atoms with Crippen molar-refractivity contribution in [2.75, 3.05) is 26.1 Å². The Morgan fingerprint density at radius 2 is 1.56 bits per heavy atom. The van der Waals surface area contributed by atoms with Gasteiger partial charge >= 0.3 is 0 Å². The summed E-state index contributed by atoms with van der Waals surface area (Å²) in [7, 11) is 2.92. The number of carbonyl (C=O) groups excluding carboxylic acids is 2. The fraction of sp³-hybridized carbons (Fsp3) is 0.167. The molecule has 0 aliphatic carbocycles. The molecule has 0 saturated carbocycles. The number of carbonyl (C=O) groups is 2. The number of fused-ring (bicyclic) bond motifs is 1. The van der Waals surface area contributed by atoms with Crippen LogP contribution in [0.3, 0.4) is 0 Å². The Labute approximate surface area is 183 Å². The summed E-state index contributed by atoms with van der Waals surface area (Å²) >= 11 is 0. The number of anilines is 1. The van der Waals surface area contributed by atoms with Crippen molar-refractivity contribution in [3.05, 3.63) is 89.0 Å². The molecule has 1 aliphatic rings. The Hall–Kier alpha value is -3.94. The van der Waals surface area contributed by atoms with Gasteiger partial charge < -0.3 is 19.7 Å². The van der Waals surface area contributed by atoms with E-state index in [1.165, 1.54) is 73.7 Å². The molecule has 1 atom stereocenters. The average molecular weight is 438 g/mol. The van der Waals surface area contributed by atoms with Crippen molar-refractivity contribution in [3.63, 3.8) is 0 Å². The number of methoxy groups -OCH3 is 2. The fourth-order valence-electron chi connectivity index (χ4n) is 3.77. The standard InChI is InChI=1S/C24H20F2N2O4/c1-31-18-9-15(10-19(12-18)32-2)24(30)28-13-22(29)27-21-8-7-17(26)11-20(21)23(28)14-3-5-16(25)6-4-14/h3-12,23H,13H2,1-2H3,(H,27,29)/t23-/m1/s1. The topological polar surface area (TPSA) is 67.9 Å². The first-order chi connectivity index (χ1) is 15.4. The number of nitrogens with one attached hydrogen (secondary N) is 1. The van der Waals surface area contributed by atoms with Crippen LogP contribution in [0.2, 0.25) is 0 Å². The van der Waals surface area contributed by atoms with Crippen molar-refractivity contribution in [3.8, 4) is 11.5 Å². The molecule has 0 spiro atoms. The molecule has 0 saturated heterocycles. The Bertz CT molecular complexity index is 1160. The Morgan fingerprint density at radius 1 is 0.938 bits per heavy atom. The lowest BCUT2D eigenvalue weighted by Gasteiger charge is -2.31. The van der Waals surface area contributed by atoms with Crippen molar-refractivity contribution < 1.29 is 27.8 Å². The lowest BCUT2D eigenvalue weighted by molar-refractivity contribution is -0.117. The molecule has 2 amide bonds. The molecule has 0 fully saturated rings. The number of hydrogen-bond donors (Lipinski definition) is 1. The SMILES string of the molecule is COc1cc(OC)cc(C(=O)N2CC(=O)Nc3ccc(F)cc3[C@H]2c2ccc(F)cc2)c1. The van der Waals surface area contributed by atoms with Gasteiger partial charge in [0.1, 0.15) is 29.7 Å². The molecular weight excluding hydrogens is 418 g/mol. The fourth-order valence-corrected chi connectivity index (χ4v) is 3.77. The van der Waals surface area contributed by atoms with Crippen LogP contribution >= 0.6 is 0 Å². The number of rotatable bonds is 4. The van der Waals surface area contributed by atoms with Gasteiger partial charge in [0.25, 0.3) is 5.91 Å². The van der Waals surface area contributed by atoms with Gasteiger partial charge in [-0.05, 0) is 48.0 Å². The zero-order valence-electron chi connectivity index (χ0n) is 17.4. The second-order valence-electron chi connectivity index (χ2n) is 7.27. The number of nitrogens with zero attached hydrogens (tertiary/aromatic N) is 1. The molecule has 0 aromatic heterocycles. The monoisotopic (exact) mass is 438 g/mol. The number of halogens is 2. The molecule has 32 heavy (non-hydrogen) atoms. The average Bonchev–Trinajstić information content (AvgIpc) is 2.94. The van der Waals surface area contributed by atoms with Crippen LogP contribution in [0.25, 0.3) is 0 Å². The van der Waals surface area contributed by atoms with E-state index in [2.05, 4.69) is 5.32 Å². The highest BCUT2D eigenvalue weighted by Gasteiger charge is 2.34. The van der Waals surface area contributed by atoms with Gasteiger partial charge in [-0.15, -0.1) is 0 Å². The van der Waals surface area contributed by atoms with E-state index in [1.807, 2.05) is 0 Å². The maximum Gasteiger partial charge on any atom is 0.255 e. The van der Waals surface area contributed by atoms with Crippen molar-refractivity contribution >= 4 is 17.5 Å². The molecule has 4 rings (SSSR count). The first-order valence-corrected chi connectivity index (χ1v) is 9.78. The summed E-state index contributed by atoms with van der Waals surface area (Å²) in [4.78, 5) is 27.6. The van der Waals surface area contributed by atoms with Crippen LogP contribution in [0.4, 0.5) is 14.5 Å². The third-order valence-electron chi connectivity index (χ3n) is 5.25. The van der Waals surface area contributed by atoms with Crippen LogP contribution in [0.5, 0.6) is 11.5 Å². The predicted octanol–water partition coefficient (Wildman–Crippen LogP) is 4.17. The van der Waals surface area contributed by atoms with Gasteiger partial charge in [0.2, 0.25) is 5.91 Å². The number of ether oxygens (including phenoxy) is 2. The van der Waals surface area contributed by atoms with Crippen molar-refractivity contribution in [1.29, 1.82) is 0 Å². The number of benzene rings is 3. The molecular formula is C24H20F2N2O4. The van der Waals surface area contributed by atoms with Gasteiger partial charge in [-0.25, -0.2) is 8.78 Å². The second kappa shape index (κ2) is 8.66. The number of hydrogen-bond acceptors (Lipinski definition) is 4. The van der Waals surface area contributed by atoms with Crippen LogP contribution in [-0.2, 0) is 4.79 Å². The predicted molar refractivity (Wildman–Crippen MR) is 114 cm³/mol. The summed E-state index contributed by atoms with van der Waals surface area (Å²) in [5.41, 5.74) is 1.51. The smallest absolute Gasteiger partial charge is 0.255 e. The first kappa shape index (κ1) is 21.3. The summed E-state index contributed by atoms with van der Waals surface area (Å²) in [6, 6.07) is 13.3. The van der Waals surface area contributed by atoms with E-state index in [0.29, 0.717) is 28.3 Å². The second-order valence-corrected chi connectivity index (χ2v) is 7.27. The highest BCUT2D eigenvalue weighted by Crippen LogP contribution is 2.37. The van der Waals surface area contributed by atoms with E-state index in [0.717, 1.165) is 0 Å². The zero-order valence-corrected chi connectivity index (χ0v) is 17.4. The molecule has 8 heteroatoms. The molecule has 1 aliphatic heterocycles. The Kier molecular flexibility index (Phi) is 5.77. The molecule has 1 heterocycles. The van der Waals surface area contributed by atoms with Gasteiger partial charge in [0.15, 0.2) is 0 Å². The molecule has 0 radical (unpaired) electrons. The van der Waals surface area contributed by atoms with E-state index in [-0.39, 0.29) is 12.1 Å². The van der Waals surface area contributed by atoms with Crippen LogP contribution in [0.15, 0.2) is 60.7 Å². The summed E-state index contributed by atoms with van der Waals surface area (Å²) in [6.45, 7) is -0.295. The minimum absolute atomic E-state index is 0.223. The summed E-state index contributed by atoms with van der Waals surface area (Å²) in [6.07, 6.45) is 0. The molecule has 1 N–H and O–H groups in total. The van der Waals surface area contributed by atoms with Gasteiger partial charge in [-0.3, -0.25) is 9.59 Å². The van der Waals surface area contributed by atoms with Gasteiger partial charge in [0.05, 0.1) is 20.3 Å². The van der Waals surface area contributed by atoms with E-state index < -0.39 is 29.5 Å². The minimum Gasteiger partial charge on any atom is -0.497 e. The van der Waals surface area contributed by atoms with E-state index in [1.54, 1.807) is 6.07 Å². The van der Waals surface area contributed by atoms with Crippen molar-refractivity contribution in [1.82, 2.24) is 4.90 Å². The molecule has 164 valence electrons. The van der Waals surface area contributed by atoms with Crippen molar-refractivity contribution in [2.45, 2.75) is 6.04 Å². The Balaban J connectivity index is 1.89. The molecule has 6 nitrogen and oxygen atoms in total. The normalized spacial score (nSPS) is 15.4. The lowest BCUT2D eigenvalue weighted by Crippen LogP contribution is -2.39. The molecule has 3 aromatic rings. The molecule has 3 aromatic carbocycles. The van der Waals surface area contributed by atoms with Gasteiger partial charge in [-0.1, -0.05) is 12.1 Å². The summed E-state index contributed by atoms with van der Waals surface area (Å²) < 4.78 is 38.3. The molecule has 0 unspecified atom stereocenters. The first-order valence-electron chi connectivity index (χ1n) is 9.78. The largest absolute Gasteiger partial charge is 0.497 e. The third-order valence-corrected chi connectivity index (χ3v) is 5.25. The number of amides is 2. The van der Waals surface area contributed by atoms with Gasteiger partial charge in [0, 0.05) is 22.9 Å². The molecule has 0 bridgehead atoms. The van der Waals surface area contributed by atoms with E-state index in [9.17, 15) is 18.4 Å². The lowest BCUT2D eigenvalue weighted by atomic mass is 9.95. The van der Waals surface area contributed by atoms with Crippen LogP contribution in [0.1, 0.15) is 27.5 Å². The van der Waals surface area contributed by atoms with Crippen LogP contribution < -0.4 is 14.8 Å².